The summed E-state index contributed by atoms with van der Waals surface area (Å²) in [5.41, 5.74) is -2.51. The van der Waals surface area contributed by atoms with Crippen molar-refractivity contribution in [2.45, 2.75) is 44.2 Å². The van der Waals surface area contributed by atoms with E-state index in [1.54, 1.807) is 0 Å². The Hall–Kier alpha value is -3.78. The Labute approximate surface area is 203 Å². The molecule has 0 fully saturated rings. The predicted molar refractivity (Wildman–Crippen MR) is 114 cm³/mol. The normalized spacial score (nSPS) is 14.4. The van der Waals surface area contributed by atoms with Crippen molar-refractivity contribution in [3.63, 3.8) is 0 Å². The van der Waals surface area contributed by atoms with E-state index >= 15 is 0 Å². The number of hydrogen-bond acceptors (Lipinski definition) is 4. The fourth-order valence-corrected chi connectivity index (χ4v) is 3.66. The van der Waals surface area contributed by atoms with Crippen molar-refractivity contribution in [3.8, 4) is 5.69 Å². The first-order valence-corrected chi connectivity index (χ1v) is 10.4. The lowest BCUT2D eigenvalue weighted by atomic mass is 9.85. The minimum Gasteiger partial charge on any atom is -0.397 e. The fraction of sp³-hybridized carbons (Fsp3) is 0.318. The van der Waals surface area contributed by atoms with E-state index in [4.69, 9.17) is 5.73 Å². The molecule has 1 aromatic heterocycles. The Bertz CT molecular complexity index is 1300. The first kappa shape index (κ1) is 27.8. The first-order chi connectivity index (χ1) is 17.0. The van der Waals surface area contributed by atoms with Gasteiger partial charge in [0, 0.05) is 16.8 Å². The van der Waals surface area contributed by atoms with Crippen LogP contribution < -0.4 is 11.1 Å². The van der Waals surface area contributed by atoms with Gasteiger partial charge in [0.15, 0.2) is 0 Å². The molecule has 0 saturated heterocycles. The summed E-state index contributed by atoms with van der Waals surface area (Å²) in [6.45, 7) is 2.36. The van der Waals surface area contributed by atoms with Crippen molar-refractivity contribution in [2.24, 2.45) is 0 Å². The highest BCUT2D eigenvalue weighted by Crippen LogP contribution is 2.58. The zero-order valence-corrected chi connectivity index (χ0v) is 19.0. The number of anilines is 2. The molecule has 3 aromatic rings. The lowest BCUT2D eigenvalue weighted by molar-refractivity contribution is -0.389. The maximum atomic E-state index is 15.0. The van der Waals surface area contributed by atoms with Crippen LogP contribution in [0, 0.1) is 6.92 Å². The highest BCUT2D eigenvalue weighted by molar-refractivity contribution is 6.06. The number of nitrogens with one attached hydrogen (secondary N) is 1. The van der Waals surface area contributed by atoms with Gasteiger partial charge in [0.05, 0.1) is 11.4 Å². The number of carbonyl (C=O) groups excluding carboxylic acids is 1. The van der Waals surface area contributed by atoms with Crippen LogP contribution in [0.4, 0.5) is 50.9 Å². The third-order valence-corrected chi connectivity index (χ3v) is 5.57. The van der Waals surface area contributed by atoms with Crippen molar-refractivity contribution in [3.05, 3.63) is 65.2 Å². The number of carbonyl (C=O) groups is 1. The van der Waals surface area contributed by atoms with Crippen LogP contribution in [-0.2, 0) is 12.1 Å². The number of rotatable bonds is 6. The van der Waals surface area contributed by atoms with Gasteiger partial charge in [0.1, 0.15) is 12.7 Å². The molecule has 0 spiro atoms. The molecule has 15 heteroatoms. The van der Waals surface area contributed by atoms with Crippen LogP contribution in [-0.4, -0.2) is 38.9 Å². The van der Waals surface area contributed by atoms with E-state index in [1.807, 2.05) is 0 Å². The molecule has 3 N–H and O–H groups in total. The van der Waals surface area contributed by atoms with Gasteiger partial charge in [0.25, 0.3) is 5.91 Å². The van der Waals surface area contributed by atoms with E-state index in [9.17, 15) is 44.3 Å². The maximum absolute atomic E-state index is 15.0. The van der Waals surface area contributed by atoms with Gasteiger partial charge in [-0.1, -0.05) is 13.0 Å². The summed E-state index contributed by atoms with van der Waals surface area (Å²) in [4.78, 5) is 16.6. The summed E-state index contributed by atoms with van der Waals surface area (Å²) in [6, 6.07) is 4.44. The van der Waals surface area contributed by atoms with Gasteiger partial charge >= 0.3 is 23.9 Å². The van der Waals surface area contributed by atoms with E-state index in [0.29, 0.717) is 5.69 Å². The molecule has 0 aliphatic carbocycles. The predicted octanol–water partition coefficient (Wildman–Crippen LogP) is 5.90. The van der Waals surface area contributed by atoms with Gasteiger partial charge in [-0.25, -0.2) is 14.1 Å². The molecule has 200 valence electrons. The first-order valence-electron chi connectivity index (χ1n) is 10.4. The Morgan fingerprint density at radius 1 is 1.00 bits per heavy atom. The third kappa shape index (κ3) is 4.69. The van der Waals surface area contributed by atoms with E-state index in [-0.39, 0.29) is 46.6 Å². The van der Waals surface area contributed by atoms with Crippen LogP contribution in [0.5, 0.6) is 0 Å². The summed E-state index contributed by atoms with van der Waals surface area (Å²) in [5, 5.41) is 6.26. The Morgan fingerprint density at radius 2 is 1.65 bits per heavy atom. The van der Waals surface area contributed by atoms with Gasteiger partial charge in [-0.3, -0.25) is 4.79 Å². The number of nitrogen functional groups attached to an aromatic ring is 1. The molecule has 0 aliphatic heterocycles. The molecule has 1 unspecified atom stereocenters. The summed E-state index contributed by atoms with van der Waals surface area (Å²) >= 11 is 0. The van der Waals surface area contributed by atoms with Crippen molar-refractivity contribution < 1.29 is 44.3 Å². The quantitative estimate of drug-likeness (QED) is 0.302. The minimum absolute atomic E-state index is 0.0226. The summed E-state index contributed by atoms with van der Waals surface area (Å²) < 4.78 is 123. The lowest BCUT2D eigenvalue weighted by Crippen LogP contribution is -2.59. The molecule has 0 saturated carbocycles. The second-order valence-corrected chi connectivity index (χ2v) is 7.98. The standard InChI is InChI=1S/C22H18F9N5O/c1-3-12-7-14(19(23,21(26,27)28)20(24,25)22(29,30)31)6-11(2)17(12)35-18(37)13-4-5-16(15(32)8-13)36-10-33-9-34-36/h4-10H,3,32H2,1-2H3,(H,35,37). The largest absolute Gasteiger partial charge is 0.457 e. The number of aryl methyl sites for hydroxylation is 2. The molecule has 37 heavy (non-hydrogen) atoms. The van der Waals surface area contributed by atoms with E-state index < -0.39 is 35.4 Å². The average molecular weight is 539 g/mol. The molecular weight excluding hydrogens is 521 g/mol. The van der Waals surface area contributed by atoms with Gasteiger partial charge in [-0.2, -0.15) is 40.2 Å². The zero-order valence-electron chi connectivity index (χ0n) is 19.0. The summed E-state index contributed by atoms with van der Waals surface area (Å²) in [6.07, 6.45) is -11.1. The highest BCUT2D eigenvalue weighted by Gasteiger charge is 2.81. The SMILES string of the molecule is CCc1cc(C(F)(C(F)(F)F)C(F)(F)C(F)(F)F)cc(C)c1NC(=O)c1ccc(-n2cncn2)c(N)c1. The van der Waals surface area contributed by atoms with Crippen molar-refractivity contribution >= 4 is 17.3 Å². The summed E-state index contributed by atoms with van der Waals surface area (Å²) in [5.74, 6) is -7.63. The minimum atomic E-state index is -6.84. The molecule has 3 rings (SSSR count). The number of aromatic nitrogens is 3. The van der Waals surface area contributed by atoms with E-state index in [0.717, 1.165) is 6.92 Å². The van der Waals surface area contributed by atoms with Crippen LogP contribution >= 0.6 is 0 Å². The Morgan fingerprint density at radius 3 is 2.14 bits per heavy atom. The number of alkyl halides is 9. The fourth-order valence-electron chi connectivity index (χ4n) is 3.66. The molecule has 1 atom stereocenters. The number of amides is 1. The van der Waals surface area contributed by atoms with Crippen LogP contribution in [0.3, 0.4) is 0 Å². The highest BCUT2D eigenvalue weighted by atomic mass is 19.4. The second-order valence-electron chi connectivity index (χ2n) is 7.98. The molecular formula is C22H18F9N5O. The third-order valence-electron chi connectivity index (χ3n) is 5.57. The van der Waals surface area contributed by atoms with E-state index in [2.05, 4.69) is 15.4 Å². The van der Waals surface area contributed by atoms with Crippen LogP contribution in [0.25, 0.3) is 5.69 Å². The van der Waals surface area contributed by atoms with Gasteiger partial charge in [-0.15, -0.1) is 0 Å². The smallest absolute Gasteiger partial charge is 0.397 e. The number of halogens is 9. The van der Waals surface area contributed by atoms with Crippen molar-refractivity contribution in [1.29, 1.82) is 0 Å². The van der Waals surface area contributed by atoms with Crippen LogP contribution in [0.2, 0.25) is 0 Å². The zero-order chi connectivity index (χ0) is 28.0. The van der Waals surface area contributed by atoms with Gasteiger partial charge < -0.3 is 11.1 Å². The Balaban J connectivity index is 2.04. The number of nitrogens with two attached hydrogens (primary N) is 1. The molecule has 6 nitrogen and oxygen atoms in total. The van der Waals surface area contributed by atoms with Gasteiger partial charge in [-0.05, 0) is 48.7 Å². The lowest BCUT2D eigenvalue weighted by Gasteiger charge is -2.36. The molecule has 1 amide bonds. The van der Waals surface area contributed by atoms with Crippen molar-refractivity contribution in [1.82, 2.24) is 14.8 Å². The van der Waals surface area contributed by atoms with Crippen molar-refractivity contribution in [2.75, 3.05) is 11.1 Å². The second kappa shape index (κ2) is 9.27. The Kier molecular flexibility index (Phi) is 6.96. The van der Waals surface area contributed by atoms with E-state index in [1.165, 1.54) is 42.5 Å². The molecule has 0 radical (unpaired) electrons. The number of hydrogen-bond donors (Lipinski definition) is 2. The summed E-state index contributed by atoms with van der Waals surface area (Å²) in [7, 11) is 0. The topological polar surface area (TPSA) is 85.8 Å². The van der Waals surface area contributed by atoms with Gasteiger partial charge in [0.2, 0.25) is 0 Å². The maximum Gasteiger partial charge on any atom is 0.457 e. The molecule has 2 aromatic carbocycles. The number of benzene rings is 2. The molecule has 1 heterocycles. The average Bonchev–Trinajstić information content (AvgIpc) is 3.32. The molecule has 0 aliphatic rings. The molecule has 0 bridgehead atoms. The van der Waals surface area contributed by atoms with Crippen LogP contribution in [0.1, 0.15) is 34.0 Å². The van der Waals surface area contributed by atoms with Crippen LogP contribution in [0.15, 0.2) is 43.0 Å². The number of nitrogens with zero attached hydrogens (tertiary/aromatic N) is 3. The monoisotopic (exact) mass is 539 g/mol.